The second-order valence-corrected chi connectivity index (χ2v) is 4.62. The third-order valence-corrected chi connectivity index (χ3v) is 3.19. The van der Waals surface area contributed by atoms with Crippen molar-refractivity contribution in [2.75, 3.05) is 18.9 Å². The van der Waals surface area contributed by atoms with Gasteiger partial charge in [0, 0.05) is 30.5 Å². The fraction of sp³-hybridized carbons (Fsp3) is 0.545. The van der Waals surface area contributed by atoms with Crippen LogP contribution in [0, 0.1) is 0 Å². The highest BCUT2D eigenvalue weighted by Gasteiger charge is 2.25. The molecule has 2 atom stereocenters. The normalized spacial score (nSPS) is 26.9. The van der Waals surface area contributed by atoms with Gasteiger partial charge in [-0.25, -0.2) is 4.98 Å². The summed E-state index contributed by atoms with van der Waals surface area (Å²) in [5, 5.41) is 4.02. The standard InChI is InChI=1S/C11H16ClN3/c1-8-5-10(7-15(8)2)14-9-3-4-13-11(12)6-9/h3-4,6,8,10H,5,7H2,1-2H3,(H,13,14). The van der Waals surface area contributed by atoms with Crippen LogP contribution in [0.15, 0.2) is 18.3 Å². The van der Waals surface area contributed by atoms with Gasteiger partial charge in [0.15, 0.2) is 0 Å². The fourth-order valence-electron chi connectivity index (χ4n) is 2.03. The molecule has 0 saturated carbocycles. The number of nitrogens with one attached hydrogen (secondary N) is 1. The molecule has 0 spiro atoms. The van der Waals surface area contributed by atoms with Crippen molar-refractivity contribution in [3.8, 4) is 0 Å². The van der Waals surface area contributed by atoms with E-state index in [1.54, 1.807) is 6.20 Å². The first-order valence-corrected chi connectivity index (χ1v) is 5.61. The minimum Gasteiger partial charge on any atom is -0.381 e. The fourth-order valence-corrected chi connectivity index (χ4v) is 2.20. The van der Waals surface area contributed by atoms with Crippen LogP contribution in [0.4, 0.5) is 5.69 Å². The topological polar surface area (TPSA) is 28.2 Å². The molecule has 15 heavy (non-hydrogen) atoms. The summed E-state index contributed by atoms with van der Waals surface area (Å²) in [4.78, 5) is 6.32. The summed E-state index contributed by atoms with van der Waals surface area (Å²) in [5.74, 6) is 0. The minimum absolute atomic E-state index is 0.517. The highest BCUT2D eigenvalue weighted by molar-refractivity contribution is 6.29. The zero-order chi connectivity index (χ0) is 10.8. The summed E-state index contributed by atoms with van der Waals surface area (Å²) >= 11 is 5.83. The average molecular weight is 226 g/mol. The van der Waals surface area contributed by atoms with Gasteiger partial charge in [-0.2, -0.15) is 0 Å². The molecule has 1 aromatic heterocycles. The molecule has 2 rings (SSSR count). The third-order valence-electron chi connectivity index (χ3n) is 2.98. The predicted octanol–water partition coefficient (Wildman–Crippen LogP) is 2.24. The van der Waals surface area contributed by atoms with E-state index in [1.165, 1.54) is 6.42 Å². The van der Waals surface area contributed by atoms with Crippen molar-refractivity contribution in [2.45, 2.75) is 25.4 Å². The Morgan fingerprint density at radius 3 is 3.00 bits per heavy atom. The number of hydrogen-bond acceptors (Lipinski definition) is 3. The molecule has 1 saturated heterocycles. The maximum absolute atomic E-state index is 5.83. The van der Waals surface area contributed by atoms with Gasteiger partial charge in [-0.1, -0.05) is 11.6 Å². The van der Waals surface area contributed by atoms with Crippen LogP contribution in [0.5, 0.6) is 0 Å². The van der Waals surface area contributed by atoms with Crippen molar-refractivity contribution < 1.29 is 0 Å². The summed E-state index contributed by atoms with van der Waals surface area (Å²) < 4.78 is 0. The van der Waals surface area contributed by atoms with Crippen LogP contribution in [-0.4, -0.2) is 35.6 Å². The number of pyridine rings is 1. The van der Waals surface area contributed by atoms with Gasteiger partial charge < -0.3 is 10.2 Å². The Bertz CT molecular complexity index is 332. The maximum Gasteiger partial charge on any atom is 0.131 e. The van der Waals surface area contributed by atoms with Gasteiger partial charge in [0.25, 0.3) is 0 Å². The number of hydrogen-bond donors (Lipinski definition) is 1. The van der Waals surface area contributed by atoms with Gasteiger partial charge in [0.2, 0.25) is 0 Å². The van der Waals surface area contributed by atoms with Gasteiger partial charge in [0.1, 0.15) is 5.15 Å². The molecule has 0 radical (unpaired) electrons. The van der Waals surface area contributed by atoms with Crippen molar-refractivity contribution in [3.05, 3.63) is 23.5 Å². The molecule has 0 amide bonds. The molecule has 0 bridgehead atoms. The lowest BCUT2D eigenvalue weighted by Crippen LogP contribution is -2.24. The van der Waals surface area contributed by atoms with Crippen LogP contribution < -0.4 is 5.32 Å². The summed E-state index contributed by atoms with van der Waals surface area (Å²) in [6, 6.07) is 4.99. The Hall–Kier alpha value is -0.800. The molecular weight excluding hydrogens is 210 g/mol. The lowest BCUT2D eigenvalue weighted by Gasteiger charge is -2.14. The van der Waals surface area contributed by atoms with Crippen molar-refractivity contribution in [1.29, 1.82) is 0 Å². The summed E-state index contributed by atoms with van der Waals surface area (Å²) in [7, 11) is 2.16. The van der Waals surface area contributed by atoms with Crippen molar-refractivity contribution in [1.82, 2.24) is 9.88 Å². The van der Waals surface area contributed by atoms with Crippen molar-refractivity contribution in [2.24, 2.45) is 0 Å². The Morgan fingerprint density at radius 1 is 1.60 bits per heavy atom. The number of aromatic nitrogens is 1. The molecule has 1 aliphatic heterocycles. The molecule has 4 heteroatoms. The smallest absolute Gasteiger partial charge is 0.131 e. The average Bonchev–Trinajstić information content (AvgIpc) is 2.45. The van der Waals surface area contributed by atoms with Gasteiger partial charge in [0.05, 0.1) is 0 Å². The first kappa shape index (κ1) is 10.7. The number of likely N-dealkylation sites (N-methyl/N-ethyl adjacent to an activating group) is 1. The summed E-state index contributed by atoms with van der Waals surface area (Å²) in [6.07, 6.45) is 2.91. The van der Waals surface area contributed by atoms with Crippen LogP contribution >= 0.6 is 11.6 Å². The number of halogens is 1. The maximum atomic E-state index is 5.83. The van der Waals surface area contributed by atoms with Gasteiger partial charge in [-0.15, -0.1) is 0 Å². The lowest BCUT2D eigenvalue weighted by atomic mass is 10.2. The van der Waals surface area contributed by atoms with Crippen LogP contribution in [0.3, 0.4) is 0 Å². The monoisotopic (exact) mass is 225 g/mol. The largest absolute Gasteiger partial charge is 0.381 e. The van der Waals surface area contributed by atoms with E-state index in [9.17, 15) is 0 Å². The first-order chi connectivity index (χ1) is 7.15. The van der Waals surface area contributed by atoms with Crippen LogP contribution in [0.2, 0.25) is 5.15 Å². The minimum atomic E-state index is 0.517. The molecule has 1 aliphatic rings. The molecule has 1 N–H and O–H groups in total. The van der Waals surface area contributed by atoms with Crippen LogP contribution in [0.25, 0.3) is 0 Å². The Labute approximate surface area is 95.4 Å². The van der Waals surface area contributed by atoms with E-state index in [0.29, 0.717) is 17.2 Å². The molecular formula is C11H16ClN3. The zero-order valence-electron chi connectivity index (χ0n) is 9.07. The van der Waals surface area contributed by atoms with Crippen LogP contribution in [0.1, 0.15) is 13.3 Å². The third kappa shape index (κ3) is 2.61. The van der Waals surface area contributed by atoms with E-state index >= 15 is 0 Å². The van der Waals surface area contributed by atoms with Crippen molar-refractivity contribution in [3.63, 3.8) is 0 Å². The van der Waals surface area contributed by atoms with Gasteiger partial charge in [-0.05, 0) is 32.5 Å². The molecule has 1 fully saturated rings. The number of anilines is 1. The molecule has 2 heterocycles. The van der Waals surface area contributed by atoms with Crippen molar-refractivity contribution >= 4 is 17.3 Å². The molecule has 82 valence electrons. The highest BCUT2D eigenvalue weighted by atomic mass is 35.5. The number of likely N-dealkylation sites (tertiary alicyclic amines) is 1. The van der Waals surface area contributed by atoms with Gasteiger partial charge >= 0.3 is 0 Å². The van der Waals surface area contributed by atoms with E-state index in [-0.39, 0.29) is 0 Å². The summed E-state index contributed by atoms with van der Waals surface area (Å²) in [6.45, 7) is 3.34. The van der Waals surface area contributed by atoms with E-state index in [0.717, 1.165) is 12.2 Å². The lowest BCUT2D eigenvalue weighted by molar-refractivity contribution is 0.330. The summed E-state index contributed by atoms with van der Waals surface area (Å²) in [5.41, 5.74) is 1.06. The number of rotatable bonds is 2. The Balaban J connectivity index is 1.98. The number of nitrogens with zero attached hydrogens (tertiary/aromatic N) is 2. The van der Waals surface area contributed by atoms with E-state index in [2.05, 4.69) is 29.2 Å². The Morgan fingerprint density at radius 2 is 2.40 bits per heavy atom. The highest BCUT2D eigenvalue weighted by Crippen LogP contribution is 2.20. The first-order valence-electron chi connectivity index (χ1n) is 5.23. The van der Waals surface area contributed by atoms with E-state index in [1.807, 2.05) is 12.1 Å². The molecule has 2 unspecified atom stereocenters. The SMILES string of the molecule is CC1CC(Nc2ccnc(Cl)c2)CN1C. The van der Waals surface area contributed by atoms with E-state index in [4.69, 9.17) is 11.6 Å². The zero-order valence-corrected chi connectivity index (χ0v) is 9.83. The van der Waals surface area contributed by atoms with Crippen LogP contribution in [-0.2, 0) is 0 Å². The second kappa shape index (κ2) is 4.37. The molecule has 1 aromatic rings. The Kier molecular flexibility index (Phi) is 3.12. The molecule has 0 aromatic carbocycles. The predicted molar refractivity (Wildman–Crippen MR) is 63.4 cm³/mol. The van der Waals surface area contributed by atoms with Gasteiger partial charge in [-0.3, -0.25) is 0 Å². The molecule has 0 aliphatic carbocycles. The second-order valence-electron chi connectivity index (χ2n) is 4.23. The quantitative estimate of drug-likeness (QED) is 0.783. The van der Waals surface area contributed by atoms with E-state index < -0.39 is 0 Å². The molecule has 3 nitrogen and oxygen atoms in total.